The summed E-state index contributed by atoms with van der Waals surface area (Å²) in [5, 5.41) is 11.5. The average Bonchev–Trinajstić information content (AvgIpc) is 2.64. The first-order valence-electron chi connectivity index (χ1n) is 9.18. The molecule has 0 aromatic heterocycles. The van der Waals surface area contributed by atoms with Crippen LogP contribution >= 0.6 is 0 Å². The second-order valence-electron chi connectivity index (χ2n) is 6.62. The van der Waals surface area contributed by atoms with Gasteiger partial charge in [-0.2, -0.15) is 0 Å². The molecule has 0 saturated heterocycles. The zero-order valence-electron chi connectivity index (χ0n) is 16.2. The zero-order chi connectivity index (χ0) is 19.2. The quantitative estimate of drug-likeness (QED) is 0.737. The molecule has 1 N–H and O–H groups in total. The molecule has 140 valence electrons. The molecular weight excluding hydrogens is 326 g/mol. The van der Waals surface area contributed by atoms with Crippen LogP contribution in [-0.2, 0) is 15.1 Å². The summed E-state index contributed by atoms with van der Waals surface area (Å²) in [6.45, 7) is 10.7. The summed E-state index contributed by atoms with van der Waals surface area (Å²) in [7, 11) is 0. The topological polar surface area (TPSA) is 49.8 Å². The lowest BCUT2D eigenvalue weighted by Gasteiger charge is -2.28. The van der Waals surface area contributed by atoms with Gasteiger partial charge in [-0.25, -0.2) is 4.79 Å². The molecule has 4 nitrogen and oxygen atoms in total. The van der Waals surface area contributed by atoms with Gasteiger partial charge >= 0.3 is 5.97 Å². The van der Waals surface area contributed by atoms with E-state index in [4.69, 9.17) is 4.74 Å². The molecule has 0 aliphatic heterocycles. The van der Waals surface area contributed by atoms with Crippen LogP contribution in [0.1, 0.15) is 36.1 Å². The summed E-state index contributed by atoms with van der Waals surface area (Å²) in [5.74, 6) is -0.638. The average molecular weight is 355 g/mol. The molecule has 0 bridgehead atoms. The maximum Gasteiger partial charge on any atom is 0.347 e. The van der Waals surface area contributed by atoms with Crippen LogP contribution in [0, 0.1) is 13.8 Å². The maximum absolute atomic E-state index is 13.0. The van der Waals surface area contributed by atoms with Gasteiger partial charge in [0.05, 0.1) is 0 Å². The Morgan fingerprint density at radius 3 is 2.12 bits per heavy atom. The summed E-state index contributed by atoms with van der Waals surface area (Å²) < 4.78 is 5.50. The van der Waals surface area contributed by atoms with E-state index in [1.165, 1.54) is 0 Å². The number of carbonyl (C=O) groups is 1. The molecule has 0 spiro atoms. The highest BCUT2D eigenvalue weighted by molar-refractivity contribution is 5.85. The van der Waals surface area contributed by atoms with E-state index in [-0.39, 0.29) is 6.61 Å². The van der Waals surface area contributed by atoms with Gasteiger partial charge < -0.3 is 14.7 Å². The first-order chi connectivity index (χ1) is 12.4. The van der Waals surface area contributed by atoms with Crippen molar-refractivity contribution in [3.8, 4) is 0 Å². The Labute approximate surface area is 156 Å². The predicted octanol–water partition coefficient (Wildman–Crippen LogP) is 3.42. The van der Waals surface area contributed by atoms with E-state index in [1.807, 2.05) is 50.2 Å². The van der Waals surface area contributed by atoms with Gasteiger partial charge in [0.25, 0.3) is 0 Å². The number of aryl methyl sites for hydroxylation is 2. The number of nitrogens with zero attached hydrogens (tertiary/aromatic N) is 1. The van der Waals surface area contributed by atoms with Crippen LogP contribution in [0.3, 0.4) is 0 Å². The summed E-state index contributed by atoms with van der Waals surface area (Å²) in [6, 6.07) is 14.7. The zero-order valence-corrected chi connectivity index (χ0v) is 16.2. The minimum absolute atomic E-state index is 0.250. The van der Waals surface area contributed by atoms with E-state index in [2.05, 4.69) is 18.7 Å². The standard InChI is InChI=1S/C22H29NO3/c1-5-23(6-2)12-13-26-21(24)22(25,19-10-8-7-9-11-19)20-15-17(3)14-18(4)16-20/h7-11,14-16,25H,5-6,12-13H2,1-4H3/t22-/m0/s1. The number of esters is 1. The van der Waals surface area contributed by atoms with Gasteiger partial charge in [0.15, 0.2) is 0 Å². The number of ether oxygens (including phenoxy) is 1. The minimum atomic E-state index is -1.82. The van der Waals surface area contributed by atoms with Crippen LogP contribution in [0.5, 0.6) is 0 Å². The second kappa shape index (κ2) is 8.97. The lowest BCUT2D eigenvalue weighted by Crippen LogP contribution is -2.40. The SMILES string of the molecule is CCN(CC)CCOC(=O)[C@](O)(c1ccccc1)c1cc(C)cc(C)c1. The van der Waals surface area contributed by atoms with E-state index in [1.54, 1.807) is 12.1 Å². The Morgan fingerprint density at radius 1 is 1.00 bits per heavy atom. The summed E-state index contributed by atoms with van der Waals surface area (Å²) in [4.78, 5) is 15.1. The smallest absolute Gasteiger partial charge is 0.347 e. The number of hydrogen-bond acceptors (Lipinski definition) is 4. The maximum atomic E-state index is 13.0. The largest absolute Gasteiger partial charge is 0.462 e. The lowest BCUT2D eigenvalue weighted by molar-refractivity contribution is -0.162. The third kappa shape index (κ3) is 4.51. The highest BCUT2D eigenvalue weighted by Crippen LogP contribution is 2.32. The van der Waals surface area contributed by atoms with E-state index in [9.17, 15) is 9.90 Å². The summed E-state index contributed by atoms with van der Waals surface area (Å²) >= 11 is 0. The Balaban J connectivity index is 2.34. The third-order valence-electron chi connectivity index (χ3n) is 4.66. The number of hydrogen-bond donors (Lipinski definition) is 1. The van der Waals surface area contributed by atoms with Crippen LogP contribution in [0.4, 0.5) is 0 Å². The molecule has 4 heteroatoms. The number of rotatable bonds is 8. The molecule has 0 aliphatic rings. The molecule has 0 aliphatic carbocycles. The van der Waals surface area contributed by atoms with Crippen molar-refractivity contribution >= 4 is 5.97 Å². The van der Waals surface area contributed by atoms with Gasteiger partial charge in [-0.05, 0) is 38.1 Å². The molecular formula is C22H29NO3. The first kappa shape index (κ1) is 20.1. The van der Waals surface area contributed by atoms with Crippen molar-refractivity contribution in [1.29, 1.82) is 0 Å². The third-order valence-corrected chi connectivity index (χ3v) is 4.66. The van der Waals surface area contributed by atoms with Gasteiger partial charge in [0.2, 0.25) is 5.60 Å². The number of likely N-dealkylation sites (N-methyl/N-ethyl adjacent to an activating group) is 1. The summed E-state index contributed by atoms with van der Waals surface area (Å²) in [5.41, 5.74) is 1.21. The van der Waals surface area contributed by atoms with Crippen molar-refractivity contribution in [3.05, 3.63) is 70.8 Å². The molecule has 1 atom stereocenters. The van der Waals surface area contributed by atoms with E-state index < -0.39 is 11.6 Å². The number of benzene rings is 2. The van der Waals surface area contributed by atoms with Crippen molar-refractivity contribution in [3.63, 3.8) is 0 Å². The van der Waals surface area contributed by atoms with Crippen LogP contribution < -0.4 is 0 Å². The molecule has 0 fully saturated rings. The molecule has 0 saturated carbocycles. The van der Waals surface area contributed by atoms with Crippen molar-refractivity contribution in [2.45, 2.75) is 33.3 Å². The van der Waals surface area contributed by atoms with E-state index >= 15 is 0 Å². The second-order valence-corrected chi connectivity index (χ2v) is 6.62. The van der Waals surface area contributed by atoms with Crippen molar-refractivity contribution in [2.24, 2.45) is 0 Å². The van der Waals surface area contributed by atoms with E-state index in [0.717, 1.165) is 24.2 Å². The molecule has 0 heterocycles. The fourth-order valence-electron chi connectivity index (χ4n) is 3.18. The molecule has 2 aromatic carbocycles. The highest BCUT2D eigenvalue weighted by Gasteiger charge is 2.41. The number of aliphatic hydroxyl groups is 1. The Bertz CT molecular complexity index is 705. The van der Waals surface area contributed by atoms with Crippen LogP contribution in [0.2, 0.25) is 0 Å². The molecule has 0 amide bonds. The van der Waals surface area contributed by atoms with Gasteiger partial charge in [0.1, 0.15) is 6.61 Å². The van der Waals surface area contributed by atoms with Gasteiger partial charge in [-0.15, -0.1) is 0 Å². The van der Waals surface area contributed by atoms with Crippen molar-refractivity contribution in [2.75, 3.05) is 26.2 Å². The predicted molar refractivity (Wildman–Crippen MR) is 104 cm³/mol. The molecule has 0 unspecified atom stereocenters. The Morgan fingerprint density at radius 2 is 1.58 bits per heavy atom. The molecule has 26 heavy (non-hydrogen) atoms. The van der Waals surface area contributed by atoms with E-state index in [0.29, 0.717) is 17.7 Å². The monoisotopic (exact) mass is 355 g/mol. The number of carbonyl (C=O) groups excluding carboxylic acids is 1. The molecule has 0 radical (unpaired) electrons. The molecule has 2 rings (SSSR count). The van der Waals surface area contributed by atoms with Gasteiger partial charge in [-0.1, -0.05) is 73.5 Å². The fraction of sp³-hybridized carbons (Fsp3) is 0.409. The van der Waals surface area contributed by atoms with Crippen LogP contribution in [0.25, 0.3) is 0 Å². The summed E-state index contributed by atoms with van der Waals surface area (Å²) in [6.07, 6.45) is 0. The first-order valence-corrected chi connectivity index (χ1v) is 9.18. The normalized spacial score (nSPS) is 13.5. The van der Waals surface area contributed by atoms with Crippen LogP contribution in [0.15, 0.2) is 48.5 Å². The van der Waals surface area contributed by atoms with Crippen LogP contribution in [-0.4, -0.2) is 42.2 Å². The minimum Gasteiger partial charge on any atom is -0.462 e. The highest BCUT2D eigenvalue weighted by atomic mass is 16.5. The molecule has 2 aromatic rings. The Kier molecular flexibility index (Phi) is 6.95. The Hall–Kier alpha value is -2.17. The van der Waals surface area contributed by atoms with Gasteiger partial charge in [0, 0.05) is 6.54 Å². The lowest BCUT2D eigenvalue weighted by atomic mass is 9.85. The van der Waals surface area contributed by atoms with Crippen molar-refractivity contribution in [1.82, 2.24) is 4.90 Å². The fourth-order valence-corrected chi connectivity index (χ4v) is 3.18. The van der Waals surface area contributed by atoms with Crippen molar-refractivity contribution < 1.29 is 14.6 Å². The van der Waals surface area contributed by atoms with Gasteiger partial charge in [-0.3, -0.25) is 0 Å².